The lowest BCUT2D eigenvalue weighted by atomic mass is 10.1. The first-order valence-electron chi connectivity index (χ1n) is 13.4. The van der Waals surface area contributed by atoms with Gasteiger partial charge in [0.05, 0.1) is 32.7 Å². The number of nitrogens with one attached hydrogen (secondary N) is 1. The van der Waals surface area contributed by atoms with Crippen LogP contribution in [0.3, 0.4) is 0 Å². The zero-order chi connectivity index (χ0) is 27.9. The van der Waals surface area contributed by atoms with E-state index in [0.717, 1.165) is 25.7 Å². The van der Waals surface area contributed by atoms with Gasteiger partial charge in [0.15, 0.2) is 17.5 Å². The van der Waals surface area contributed by atoms with E-state index in [0.29, 0.717) is 48.4 Å². The number of benzene rings is 1. The predicted molar refractivity (Wildman–Crippen MR) is 140 cm³/mol. The average molecular weight is 555 g/mol. The fourth-order valence-corrected chi connectivity index (χ4v) is 4.96. The van der Waals surface area contributed by atoms with Crippen LogP contribution in [0.1, 0.15) is 37.5 Å². The van der Waals surface area contributed by atoms with E-state index in [1.807, 2.05) is 0 Å². The molecule has 2 saturated heterocycles. The molecule has 0 bridgehead atoms. The number of furan rings is 1. The number of rotatable bonds is 12. The van der Waals surface area contributed by atoms with Crippen molar-refractivity contribution in [2.75, 3.05) is 40.5 Å². The van der Waals surface area contributed by atoms with Gasteiger partial charge in [0.25, 0.3) is 5.91 Å². The minimum atomic E-state index is -0.998. The highest BCUT2D eigenvalue weighted by molar-refractivity contribution is 5.88. The summed E-state index contributed by atoms with van der Waals surface area (Å²) in [5, 5.41) is 15.6. The van der Waals surface area contributed by atoms with Gasteiger partial charge >= 0.3 is 0 Å². The van der Waals surface area contributed by atoms with Crippen LogP contribution in [0.5, 0.6) is 11.5 Å². The van der Waals surface area contributed by atoms with Crippen LogP contribution >= 0.6 is 0 Å². The number of carbonyl (C=O) groups is 2. The molecule has 13 nitrogen and oxygen atoms in total. The van der Waals surface area contributed by atoms with Gasteiger partial charge in [0, 0.05) is 31.9 Å². The summed E-state index contributed by atoms with van der Waals surface area (Å²) in [6.07, 6.45) is 4.77. The van der Waals surface area contributed by atoms with E-state index in [9.17, 15) is 9.59 Å². The molecule has 2 fully saturated rings. The predicted octanol–water partition coefficient (Wildman–Crippen LogP) is 1.99. The molecule has 2 aliphatic rings. The van der Waals surface area contributed by atoms with Crippen molar-refractivity contribution in [1.29, 1.82) is 0 Å². The minimum absolute atomic E-state index is 0.0436. The molecule has 0 saturated carbocycles. The molecule has 13 heteroatoms. The summed E-state index contributed by atoms with van der Waals surface area (Å²) >= 11 is 0. The molecule has 1 N–H and O–H groups in total. The van der Waals surface area contributed by atoms with Crippen molar-refractivity contribution in [3.63, 3.8) is 0 Å². The molecule has 0 spiro atoms. The Morgan fingerprint density at radius 3 is 2.55 bits per heavy atom. The van der Waals surface area contributed by atoms with E-state index in [2.05, 4.69) is 20.7 Å². The summed E-state index contributed by atoms with van der Waals surface area (Å²) < 4.78 is 27.8. The number of hydrogen-bond acceptors (Lipinski definition) is 10. The van der Waals surface area contributed by atoms with Crippen LogP contribution in [-0.4, -0.2) is 89.7 Å². The molecule has 0 radical (unpaired) electrons. The van der Waals surface area contributed by atoms with Gasteiger partial charge in [0.2, 0.25) is 11.7 Å². The van der Waals surface area contributed by atoms with Crippen LogP contribution < -0.4 is 14.8 Å². The van der Waals surface area contributed by atoms with Crippen molar-refractivity contribution >= 4 is 11.8 Å². The maximum Gasteiger partial charge on any atom is 0.250 e. The molecule has 2 amide bonds. The molecule has 4 heterocycles. The molecule has 2 aromatic heterocycles. The van der Waals surface area contributed by atoms with Crippen LogP contribution in [0.2, 0.25) is 0 Å². The number of amides is 2. The van der Waals surface area contributed by atoms with E-state index in [-0.39, 0.29) is 37.1 Å². The molecule has 0 aliphatic carbocycles. The van der Waals surface area contributed by atoms with Crippen molar-refractivity contribution < 1.29 is 33.0 Å². The molecule has 40 heavy (non-hydrogen) atoms. The molecule has 5 rings (SSSR count). The maximum absolute atomic E-state index is 13.8. The number of nitrogens with zero attached hydrogens (tertiary/aromatic N) is 5. The van der Waals surface area contributed by atoms with Crippen molar-refractivity contribution in [3.05, 3.63) is 42.4 Å². The van der Waals surface area contributed by atoms with E-state index in [1.165, 1.54) is 16.0 Å². The lowest BCUT2D eigenvalue weighted by molar-refractivity contribution is -0.144. The number of aromatic nitrogens is 4. The Hall–Kier alpha value is -3.97. The summed E-state index contributed by atoms with van der Waals surface area (Å²) in [5.74, 6) is 1.03. The normalized spacial score (nSPS) is 19.4. The van der Waals surface area contributed by atoms with Gasteiger partial charge in [-0.2, -0.15) is 4.80 Å². The zero-order valence-electron chi connectivity index (χ0n) is 22.7. The Bertz CT molecular complexity index is 1270. The Balaban J connectivity index is 1.36. The highest BCUT2D eigenvalue weighted by Gasteiger charge is 2.36. The topological polar surface area (TPSA) is 143 Å². The van der Waals surface area contributed by atoms with Crippen LogP contribution in [0, 0.1) is 0 Å². The summed E-state index contributed by atoms with van der Waals surface area (Å²) in [5.41, 5.74) is 0.648. The van der Waals surface area contributed by atoms with Crippen LogP contribution in [0.15, 0.2) is 41.0 Å². The summed E-state index contributed by atoms with van der Waals surface area (Å²) in [6.45, 7) is 1.64. The van der Waals surface area contributed by atoms with E-state index < -0.39 is 6.04 Å². The first kappa shape index (κ1) is 27.6. The molecule has 0 unspecified atom stereocenters. The third kappa shape index (κ3) is 6.42. The zero-order valence-corrected chi connectivity index (χ0v) is 22.7. The Labute approximate surface area is 231 Å². The van der Waals surface area contributed by atoms with Crippen LogP contribution in [-0.2, 0) is 25.6 Å². The van der Waals surface area contributed by atoms with Crippen molar-refractivity contribution in [3.8, 4) is 22.9 Å². The second kappa shape index (κ2) is 12.9. The Kier molecular flexibility index (Phi) is 8.91. The van der Waals surface area contributed by atoms with E-state index >= 15 is 0 Å². The van der Waals surface area contributed by atoms with Crippen molar-refractivity contribution in [2.24, 2.45) is 0 Å². The quantitative estimate of drug-likeness (QED) is 0.353. The van der Waals surface area contributed by atoms with Gasteiger partial charge in [0.1, 0.15) is 12.3 Å². The highest BCUT2D eigenvalue weighted by atomic mass is 16.5. The summed E-state index contributed by atoms with van der Waals surface area (Å²) in [6, 6.07) is 7.64. The molecular weight excluding hydrogens is 520 g/mol. The standard InChI is InChI=1S/C27H34N6O7/c1-36-21-10-9-18(14-23(21)37-2)26-29-31-33(30-26)17-24(34)32(16-20-7-4-12-39-20)25(22-8-5-13-40-22)27(35)28-15-19-6-3-11-38-19/h5,8-10,13-14,19-20,25H,3-4,6-7,11-12,15-17H2,1-2H3,(H,28,35)/t19-,20+,25+/m1/s1. The van der Waals surface area contributed by atoms with Gasteiger partial charge in [-0.15, -0.1) is 10.2 Å². The van der Waals surface area contributed by atoms with Gasteiger partial charge in [-0.05, 0) is 61.2 Å². The van der Waals surface area contributed by atoms with Crippen LogP contribution in [0.25, 0.3) is 11.4 Å². The first-order valence-corrected chi connectivity index (χ1v) is 13.4. The van der Waals surface area contributed by atoms with Gasteiger partial charge in [-0.25, -0.2) is 0 Å². The number of hydrogen-bond donors (Lipinski definition) is 1. The molecule has 3 aromatic rings. The Morgan fingerprint density at radius 2 is 1.88 bits per heavy atom. The monoisotopic (exact) mass is 554 g/mol. The number of ether oxygens (including phenoxy) is 4. The van der Waals surface area contributed by atoms with Gasteiger partial charge in [-0.3, -0.25) is 9.59 Å². The summed E-state index contributed by atoms with van der Waals surface area (Å²) in [7, 11) is 3.10. The molecule has 2 aliphatic heterocycles. The SMILES string of the molecule is COc1ccc(-c2nnn(CC(=O)N(C[C@@H]3CCCO3)[C@H](C(=O)NC[C@H]3CCCO3)c3ccco3)n2)cc1OC. The lowest BCUT2D eigenvalue weighted by Gasteiger charge is -2.31. The average Bonchev–Trinajstić information content (AvgIpc) is 3.80. The highest BCUT2D eigenvalue weighted by Crippen LogP contribution is 2.31. The second-order valence-corrected chi connectivity index (χ2v) is 9.69. The maximum atomic E-state index is 13.8. The fraction of sp³-hybridized carbons (Fsp3) is 0.519. The first-order chi connectivity index (χ1) is 19.6. The van der Waals surface area contributed by atoms with Crippen LogP contribution in [0.4, 0.5) is 0 Å². The fourth-order valence-electron chi connectivity index (χ4n) is 4.96. The number of methoxy groups -OCH3 is 2. The summed E-state index contributed by atoms with van der Waals surface area (Å²) in [4.78, 5) is 30.0. The lowest BCUT2D eigenvalue weighted by Crippen LogP contribution is -2.48. The number of carbonyl (C=O) groups excluding carboxylic acids is 2. The molecule has 3 atom stereocenters. The molecule has 214 valence electrons. The third-order valence-electron chi connectivity index (χ3n) is 7.02. The van der Waals surface area contributed by atoms with Gasteiger partial charge in [-0.1, -0.05) is 0 Å². The van der Waals surface area contributed by atoms with Gasteiger partial charge < -0.3 is 33.6 Å². The molecular formula is C27H34N6O7. The smallest absolute Gasteiger partial charge is 0.250 e. The van der Waals surface area contributed by atoms with E-state index in [4.69, 9.17) is 23.4 Å². The molecule has 1 aromatic carbocycles. The minimum Gasteiger partial charge on any atom is -0.493 e. The number of tetrazole rings is 1. The second-order valence-electron chi connectivity index (χ2n) is 9.69. The Morgan fingerprint density at radius 1 is 1.10 bits per heavy atom. The van der Waals surface area contributed by atoms with E-state index in [1.54, 1.807) is 44.6 Å². The largest absolute Gasteiger partial charge is 0.493 e. The third-order valence-corrected chi connectivity index (χ3v) is 7.02. The van der Waals surface area contributed by atoms with Crippen molar-refractivity contribution in [2.45, 2.75) is 50.5 Å². The van der Waals surface area contributed by atoms with Crippen molar-refractivity contribution in [1.82, 2.24) is 30.4 Å².